The Kier molecular flexibility index (Phi) is 7.68. The summed E-state index contributed by atoms with van der Waals surface area (Å²) in [7, 11) is 0. The molecule has 186 valence electrons. The maximum Gasteiger partial charge on any atom is 0.363 e. The molecule has 0 amide bonds. The lowest BCUT2D eigenvalue weighted by Gasteiger charge is -2.32. The van der Waals surface area contributed by atoms with Gasteiger partial charge in [-0.3, -0.25) is 9.48 Å². The lowest BCUT2D eigenvalue weighted by molar-refractivity contribution is 0.0512. The Bertz CT molecular complexity index is 1250. The first kappa shape index (κ1) is 24.7. The minimum Gasteiger partial charge on any atom is -0.488 e. The maximum atomic E-state index is 12.9. The fourth-order valence-electron chi connectivity index (χ4n) is 4.90. The summed E-state index contributed by atoms with van der Waals surface area (Å²) in [5.74, 6) is -0.593. The lowest BCUT2D eigenvalue weighted by atomic mass is 9.97. The summed E-state index contributed by atoms with van der Waals surface area (Å²) in [5.41, 5.74) is 1.01. The van der Waals surface area contributed by atoms with E-state index in [1.807, 2.05) is 12.3 Å². The normalized spacial score (nSPS) is 14.8. The number of carbonyl (C=O) groups excluding carboxylic acids is 1. The highest BCUT2D eigenvalue weighted by molar-refractivity contribution is 5.87. The largest absolute Gasteiger partial charge is 0.488 e. The summed E-state index contributed by atoms with van der Waals surface area (Å²) in [5, 5.41) is 5.50. The number of rotatable bonds is 11. The molecule has 0 saturated heterocycles. The van der Waals surface area contributed by atoms with Crippen molar-refractivity contribution in [2.75, 3.05) is 13.2 Å². The highest BCUT2D eigenvalue weighted by Crippen LogP contribution is 2.40. The number of nitrogens with zero attached hydrogens (tertiary/aromatic N) is 4. The zero-order chi connectivity index (χ0) is 24.8. The molecule has 8 heteroatoms. The standard InChI is InChI=1S/C27H34N4O4/c1-4-7-15-35-22-18-30(29-23(24(22)32)26(33)34-6-3)19-27(12-8-9-13-27)31-14-11-21-16-20(10-5-2)17-28-25(21)31/h5,11,14,16-18H,2,4,6-10,12-13,15,19H2,1,3H3. The first-order chi connectivity index (χ1) is 17.0. The van der Waals surface area contributed by atoms with Crippen LogP contribution in [0.25, 0.3) is 11.0 Å². The summed E-state index contributed by atoms with van der Waals surface area (Å²) < 4.78 is 14.8. The number of fused-ring (bicyclic) bond motifs is 1. The van der Waals surface area contributed by atoms with Gasteiger partial charge < -0.3 is 14.0 Å². The molecular formula is C27H34N4O4. The number of esters is 1. The average Bonchev–Trinajstić information content (AvgIpc) is 3.49. The molecule has 1 aliphatic carbocycles. The van der Waals surface area contributed by atoms with Crippen LogP contribution in [-0.2, 0) is 23.2 Å². The molecule has 0 spiro atoms. The van der Waals surface area contributed by atoms with Gasteiger partial charge in [-0.25, -0.2) is 9.78 Å². The van der Waals surface area contributed by atoms with Crippen LogP contribution in [0.4, 0.5) is 0 Å². The van der Waals surface area contributed by atoms with Gasteiger partial charge >= 0.3 is 5.97 Å². The summed E-state index contributed by atoms with van der Waals surface area (Å²) >= 11 is 0. The van der Waals surface area contributed by atoms with Crippen molar-refractivity contribution in [2.24, 2.45) is 0 Å². The first-order valence-electron chi connectivity index (χ1n) is 12.5. The van der Waals surface area contributed by atoms with E-state index in [4.69, 9.17) is 14.5 Å². The van der Waals surface area contributed by atoms with Crippen LogP contribution >= 0.6 is 0 Å². The predicted molar refractivity (Wildman–Crippen MR) is 135 cm³/mol. The third-order valence-corrected chi connectivity index (χ3v) is 6.62. The highest BCUT2D eigenvalue weighted by Gasteiger charge is 2.38. The Morgan fingerprint density at radius 3 is 2.80 bits per heavy atom. The summed E-state index contributed by atoms with van der Waals surface area (Å²) in [6, 6.07) is 4.25. The van der Waals surface area contributed by atoms with Gasteiger partial charge in [-0.2, -0.15) is 5.10 Å². The van der Waals surface area contributed by atoms with Crippen molar-refractivity contribution in [3.8, 4) is 5.75 Å². The van der Waals surface area contributed by atoms with Gasteiger partial charge in [0.25, 0.3) is 5.43 Å². The van der Waals surface area contributed by atoms with Gasteiger partial charge in [-0.05, 0) is 50.3 Å². The fourth-order valence-corrected chi connectivity index (χ4v) is 4.90. The molecule has 0 bridgehead atoms. The van der Waals surface area contributed by atoms with Crippen LogP contribution < -0.4 is 10.2 Å². The molecule has 1 aliphatic rings. The fraction of sp³-hybridized carbons (Fsp3) is 0.481. The molecule has 3 heterocycles. The lowest BCUT2D eigenvalue weighted by Crippen LogP contribution is -2.37. The molecule has 35 heavy (non-hydrogen) atoms. The third-order valence-electron chi connectivity index (χ3n) is 6.62. The second-order valence-corrected chi connectivity index (χ2v) is 9.16. The molecule has 4 rings (SSSR count). The Morgan fingerprint density at radius 1 is 1.29 bits per heavy atom. The molecule has 0 aromatic carbocycles. The molecule has 0 radical (unpaired) electrons. The minimum atomic E-state index is -0.726. The number of aromatic nitrogens is 4. The molecule has 8 nitrogen and oxygen atoms in total. The zero-order valence-electron chi connectivity index (χ0n) is 20.7. The van der Waals surface area contributed by atoms with Crippen molar-refractivity contribution < 1.29 is 14.3 Å². The van der Waals surface area contributed by atoms with Gasteiger partial charge in [0.15, 0.2) is 5.75 Å². The maximum absolute atomic E-state index is 12.9. The number of carbonyl (C=O) groups is 1. The number of pyridine rings is 1. The topological polar surface area (TPSA) is 88.2 Å². The van der Waals surface area contributed by atoms with Crippen molar-refractivity contribution in [3.63, 3.8) is 0 Å². The van der Waals surface area contributed by atoms with Crippen molar-refractivity contribution in [3.05, 3.63) is 64.9 Å². The van der Waals surface area contributed by atoms with E-state index in [2.05, 4.69) is 41.5 Å². The van der Waals surface area contributed by atoms with Crippen LogP contribution in [0.15, 0.2) is 48.2 Å². The second-order valence-electron chi connectivity index (χ2n) is 9.16. The van der Waals surface area contributed by atoms with Gasteiger partial charge in [-0.1, -0.05) is 32.3 Å². The Labute approximate surface area is 205 Å². The minimum absolute atomic E-state index is 0.134. The van der Waals surface area contributed by atoms with Crippen molar-refractivity contribution in [1.29, 1.82) is 0 Å². The van der Waals surface area contributed by atoms with E-state index in [-0.39, 0.29) is 23.6 Å². The highest BCUT2D eigenvalue weighted by atomic mass is 16.5. The average molecular weight is 479 g/mol. The monoisotopic (exact) mass is 478 g/mol. The number of hydrogen-bond acceptors (Lipinski definition) is 6. The zero-order valence-corrected chi connectivity index (χ0v) is 20.7. The predicted octanol–water partition coefficient (Wildman–Crippen LogP) is 4.65. The van der Waals surface area contributed by atoms with Gasteiger partial charge in [-0.15, -0.1) is 6.58 Å². The smallest absolute Gasteiger partial charge is 0.363 e. The van der Waals surface area contributed by atoms with Crippen molar-refractivity contribution >= 4 is 17.0 Å². The molecule has 1 saturated carbocycles. The van der Waals surface area contributed by atoms with Gasteiger partial charge in [0, 0.05) is 17.8 Å². The van der Waals surface area contributed by atoms with Crippen LogP contribution in [0.1, 0.15) is 68.4 Å². The van der Waals surface area contributed by atoms with E-state index in [0.29, 0.717) is 13.2 Å². The van der Waals surface area contributed by atoms with Gasteiger partial charge in [0.1, 0.15) is 5.65 Å². The molecule has 0 atom stereocenters. The number of allylic oxidation sites excluding steroid dienone is 1. The Morgan fingerprint density at radius 2 is 2.09 bits per heavy atom. The molecule has 0 aliphatic heterocycles. The van der Waals surface area contributed by atoms with Crippen LogP contribution in [0.2, 0.25) is 0 Å². The van der Waals surface area contributed by atoms with E-state index in [0.717, 1.165) is 61.5 Å². The first-order valence-corrected chi connectivity index (χ1v) is 12.5. The van der Waals surface area contributed by atoms with Crippen LogP contribution in [-0.4, -0.2) is 38.5 Å². The van der Waals surface area contributed by atoms with E-state index >= 15 is 0 Å². The Balaban J connectivity index is 1.74. The van der Waals surface area contributed by atoms with Crippen molar-refractivity contribution in [1.82, 2.24) is 19.3 Å². The van der Waals surface area contributed by atoms with Crippen LogP contribution in [0.5, 0.6) is 5.75 Å². The number of hydrogen-bond donors (Lipinski definition) is 0. The van der Waals surface area contributed by atoms with E-state index < -0.39 is 11.4 Å². The molecule has 0 unspecified atom stereocenters. The Hall–Kier alpha value is -3.42. The summed E-state index contributed by atoms with van der Waals surface area (Å²) in [6.07, 6.45) is 14.1. The van der Waals surface area contributed by atoms with Crippen molar-refractivity contribution in [2.45, 2.75) is 70.9 Å². The van der Waals surface area contributed by atoms with E-state index in [1.165, 1.54) is 0 Å². The molecular weight excluding hydrogens is 444 g/mol. The van der Waals surface area contributed by atoms with Crippen LogP contribution in [0, 0.1) is 0 Å². The molecule has 3 aromatic rings. The quantitative estimate of drug-likeness (QED) is 0.227. The summed E-state index contributed by atoms with van der Waals surface area (Å²) in [4.78, 5) is 30.2. The van der Waals surface area contributed by atoms with E-state index in [1.54, 1.807) is 17.8 Å². The number of ether oxygens (including phenoxy) is 2. The summed E-state index contributed by atoms with van der Waals surface area (Å²) in [6.45, 7) is 8.64. The molecule has 3 aromatic heterocycles. The third kappa shape index (κ3) is 5.16. The molecule has 1 fully saturated rings. The molecule has 0 N–H and O–H groups in total. The second kappa shape index (κ2) is 10.9. The van der Waals surface area contributed by atoms with Gasteiger partial charge in [0.2, 0.25) is 5.69 Å². The number of unbranched alkanes of at least 4 members (excludes halogenated alkanes) is 1. The SMILES string of the molecule is C=CCc1cnc2c(ccn2C2(Cn3cc(OCCCC)c(=O)c(C(=O)OCC)n3)CCCC2)c1. The van der Waals surface area contributed by atoms with Crippen LogP contribution in [0.3, 0.4) is 0 Å². The van der Waals surface area contributed by atoms with E-state index in [9.17, 15) is 9.59 Å². The van der Waals surface area contributed by atoms with Gasteiger partial charge in [0.05, 0.1) is 31.5 Å².